The van der Waals surface area contributed by atoms with Crippen molar-refractivity contribution < 1.29 is 61.9 Å². The fourth-order valence-corrected chi connectivity index (χ4v) is 16.6. The van der Waals surface area contributed by atoms with Crippen LogP contribution >= 0.6 is 31.0 Å². The standard InChI is InChI=1S/C7H7P4.3ClH.Zr/c1-2-4-7(3-1)11-6-5-8-9-10-11;;;;/h1-3,5-7,10H;3*1H;/q;;;;+3/p-3. The van der Waals surface area contributed by atoms with Crippen LogP contribution in [0.25, 0.3) is 0 Å². The fourth-order valence-electron chi connectivity index (χ4n) is 1.11. The maximum absolute atomic E-state index is 2.48. The summed E-state index contributed by atoms with van der Waals surface area (Å²) in [5.74, 6) is 4.82. The Balaban J connectivity index is 0. The van der Waals surface area contributed by atoms with Gasteiger partial charge in [0, 0.05) is 0 Å². The second kappa shape index (κ2) is 10.4. The summed E-state index contributed by atoms with van der Waals surface area (Å²) in [6.45, 7) is 0. The van der Waals surface area contributed by atoms with E-state index in [-0.39, 0.29) is 44.8 Å². The van der Waals surface area contributed by atoms with Crippen LogP contribution in [-0.2, 0) is 24.7 Å². The molecule has 0 nitrogen and oxygen atoms in total. The van der Waals surface area contributed by atoms with Crippen molar-refractivity contribution in [2.24, 2.45) is 0 Å². The molecule has 0 spiro atoms. The molecule has 0 saturated carbocycles. The van der Waals surface area contributed by atoms with Crippen molar-refractivity contribution in [1.29, 1.82) is 0 Å². The summed E-state index contributed by atoms with van der Waals surface area (Å²) >= 11 is 1.60. The summed E-state index contributed by atoms with van der Waals surface area (Å²) < 4.78 is 1.65. The minimum absolute atomic E-state index is 0. The summed E-state index contributed by atoms with van der Waals surface area (Å²) in [6, 6.07) is 0. The molecule has 80 valence electrons. The van der Waals surface area contributed by atoms with E-state index in [1.807, 2.05) is 0 Å². The Hall–Kier alpha value is 2.43. The van der Waals surface area contributed by atoms with Crippen molar-refractivity contribution in [2.45, 2.75) is 5.66 Å². The SMILES string of the molecule is [Cl-].[Cl-].[Cl-].[Zr+3][C]1=CC=CC1P1C=CP=PP1. The second-order valence-corrected chi connectivity index (χ2v) is 13.5. The molecule has 3 atom stereocenters. The zero-order valence-electron chi connectivity index (χ0n) is 7.44. The van der Waals surface area contributed by atoms with Gasteiger partial charge in [-0.1, -0.05) is 0 Å². The molecule has 0 N–H and O–H groups in total. The molecule has 0 aromatic carbocycles. The molecule has 0 aromatic heterocycles. The normalized spacial score (nSPS) is 29.9. The molecule has 0 radical (unpaired) electrons. The van der Waals surface area contributed by atoms with Gasteiger partial charge in [0.1, 0.15) is 0 Å². The average molecular weight is 413 g/mol. The average Bonchev–Trinajstić information content (AvgIpc) is 2.53. The first kappa shape index (κ1) is 19.8. The summed E-state index contributed by atoms with van der Waals surface area (Å²) in [5.41, 5.74) is 0.816. The molecule has 1 aliphatic heterocycles. The van der Waals surface area contributed by atoms with Crippen LogP contribution in [0.5, 0.6) is 0 Å². The molecule has 8 heteroatoms. The van der Waals surface area contributed by atoms with Gasteiger partial charge in [-0.05, 0) is 0 Å². The van der Waals surface area contributed by atoms with Gasteiger partial charge in [0.2, 0.25) is 0 Å². The maximum atomic E-state index is 2.48. The van der Waals surface area contributed by atoms with Gasteiger partial charge in [-0.2, -0.15) is 0 Å². The number of allylic oxidation sites excluding steroid dienone is 4. The molecule has 0 bridgehead atoms. The second-order valence-electron chi connectivity index (χ2n) is 2.47. The summed E-state index contributed by atoms with van der Waals surface area (Å²) in [6.07, 6.45) is 6.93. The topological polar surface area (TPSA) is 0 Å². The van der Waals surface area contributed by atoms with Gasteiger partial charge in [0.15, 0.2) is 0 Å². The molecule has 2 rings (SSSR count). The number of rotatable bonds is 1. The Bertz CT molecular complexity index is 303. The number of halogens is 3. The van der Waals surface area contributed by atoms with E-state index in [0.29, 0.717) is 0 Å². The van der Waals surface area contributed by atoms with Gasteiger partial charge in [0.25, 0.3) is 0 Å². The minimum atomic E-state index is 0. The first-order chi connectivity index (χ1) is 5.88. The van der Waals surface area contributed by atoms with E-state index in [0.717, 1.165) is 5.66 Å². The third-order valence-electron chi connectivity index (χ3n) is 1.70. The van der Waals surface area contributed by atoms with E-state index in [4.69, 9.17) is 0 Å². The summed E-state index contributed by atoms with van der Waals surface area (Å²) in [4.78, 5) is 0. The Kier molecular flexibility index (Phi) is 13.7. The first-order valence-electron chi connectivity index (χ1n) is 3.58. The van der Waals surface area contributed by atoms with Crippen LogP contribution in [-0.4, -0.2) is 5.66 Å². The molecule has 1 heterocycles. The third kappa shape index (κ3) is 5.73. The molecule has 0 aromatic rings. The Labute approximate surface area is 130 Å². The third-order valence-corrected chi connectivity index (χ3v) is 15.3. The van der Waals surface area contributed by atoms with Crippen LogP contribution in [0.1, 0.15) is 0 Å². The fraction of sp³-hybridized carbons (Fsp3) is 0.143. The van der Waals surface area contributed by atoms with E-state index in [1.54, 1.807) is 35.6 Å². The van der Waals surface area contributed by atoms with Crippen molar-refractivity contribution >= 4 is 31.0 Å². The predicted molar refractivity (Wildman–Crippen MR) is 59.2 cm³/mol. The molecule has 0 amide bonds. The number of hydrogen-bond donors (Lipinski definition) is 0. The van der Waals surface area contributed by atoms with E-state index in [1.165, 1.54) is 15.8 Å². The zero-order valence-corrected chi connectivity index (χ0v) is 15.8. The van der Waals surface area contributed by atoms with Gasteiger partial charge in [-0.15, -0.1) is 0 Å². The molecule has 1 aliphatic carbocycles. The van der Waals surface area contributed by atoms with E-state index in [2.05, 4.69) is 29.9 Å². The molecule has 0 fully saturated rings. The van der Waals surface area contributed by atoms with Crippen LogP contribution in [0.15, 0.2) is 33.1 Å². The zero-order chi connectivity index (χ0) is 8.39. The van der Waals surface area contributed by atoms with Gasteiger partial charge in [0.05, 0.1) is 0 Å². The Morgan fingerprint density at radius 1 is 1.33 bits per heavy atom. The van der Waals surface area contributed by atoms with E-state index in [9.17, 15) is 0 Å². The monoisotopic (exact) mass is 410 g/mol. The van der Waals surface area contributed by atoms with Crippen LogP contribution < -0.4 is 37.2 Å². The summed E-state index contributed by atoms with van der Waals surface area (Å²) in [7, 11) is 4.50. The molecular weight excluding hydrogens is 406 g/mol. The van der Waals surface area contributed by atoms with Crippen LogP contribution in [0.2, 0.25) is 0 Å². The predicted octanol–water partition coefficient (Wildman–Crippen LogP) is -4.35. The molecule has 3 unspecified atom stereocenters. The summed E-state index contributed by atoms with van der Waals surface area (Å²) in [5, 5.41) is 0. The number of hydrogen-bond acceptors (Lipinski definition) is 0. The van der Waals surface area contributed by atoms with Gasteiger partial charge < -0.3 is 37.2 Å². The molecule has 15 heavy (non-hydrogen) atoms. The van der Waals surface area contributed by atoms with Gasteiger partial charge >= 0.3 is 94.5 Å². The van der Waals surface area contributed by atoms with Crippen molar-refractivity contribution in [3.63, 3.8) is 0 Å². The first-order valence-corrected chi connectivity index (χ1v) is 11.5. The molecule has 0 saturated heterocycles. The van der Waals surface area contributed by atoms with Crippen molar-refractivity contribution in [2.75, 3.05) is 0 Å². The van der Waals surface area contributed by atoms with Crippen molar-refractivity contribution in [3.8, 4) is 0 Å². The Morgan fingerprint density at radius 2 is 2.07 bits per heavy atom. The van der Waals surface area contributed by atoms with E-state index < -0.39 is 0 Å². The van der Waals surface area contributed by atoms with Crippen molar-refractivity contribution in [1.82, 2.24) is 0 Å². The van der Waals surface area contributed by atoms with Crippen molar-refractivity contribution in [3.05, 3.63) is 33.1 Å². The quantitative estimate of drug-likeness (QED) is 0.382. The molecule has 2 aliphatic rings. The van der Waals surface area contributed by atoms with Crippen LogP contribution in [0.4, 0.5) is 0 Å². The van der Waals surface area contributed by atoms with E-state index >= 15 is 0 Å². The van der Waals surface area contributed by atoms with Gasteiger partial charge in [-0.25, -0.2) is 0 Å². The molecular formula is C7H7Cl3P4Zr. The van der Waals surface area contributed by atoms with Crippen LogP contribution in [0.3, 0.4) is 0 Å². The Morgan fingerprint density at radius 3 is 2.53 bits per heavy atom. The van der Waals surface area contributed by atoms with Gasteiger partial charge in [-0.3, -0.25) is 0 Å². The van der Waals surface area contributed by atoms with Crippen LogP contribution in [0, 0.1) is 0 Å².